The van der Waals surface area contributed by atoms with Crippen LogP contribution in [0.1, 0.15) is 29.7 Å². The van der Waals surface area contributed by atoms with Crippen LogP contribution in [0.5, 0.6) is 0 Å². The van der Waals surface area contributed by atoms with Crippen molar-refractivity contribution in [3.05, 3.63) is 58.0 Å². The van der Waals surface area contributed by atoms with Gasteiger partial charge < -0.3 is 5.32 Å². The van der Waals surface area contributed by atoms with Gasteiger partial charge in [-0.15, -0.1) is 11.3 Å². The van der Waals surface area contributed by atoms with Crippen molar-refractivity contribution >= 4 is 11.3 Å². The number of hydrogen-bond acceptors (Lipinski definition) is 2. The molecule has 1 atom stereocenters. The molecule has 0 saturated carbocycles. The molecule has 1 unspecified atom stereocenters. The van der Waals surface area contributed by atoms with Crippen molar-refractivity contribution in [2.75, 3.05) is 13.1 Å². The predicted molar refractivity (Wildman–Crippen MR) is 80.3 cm³/mol. The lowest BCUT2D eigenvalue weighted by atomic mass is 9.94. The lowest BCUT2D eigenvalue weighted by Gasteiger charge is -2.17. The zero-order valence-corrected chi connectivity index (χ0v) is 12.0. The van der Waals surface area contributed by atoms with Crippen molar-refractivity contribution in [2.45, 2.75) is 25.7 Å². The van der Waals surface area contributed by atoms with E-state index in [4.69, 9.17) is 0 Å². The van der Waals surface area contributed by atoms with E-state index in [0.29, 0.717) is 5.92 Å². The van der Waals surface area contributed by atoms with Crippen LogP contribution in [0, 0.1) is 5.82 Å². The lowest BCUT2D eigenvalue weighted by Crippen LogP contribution is -2.23. The molecule has 0 aliphatic rings. The molecule has 102 valence electrons. The number of halogens is 1. The van der Waals surface area contributed by atoms with E-state index in [0.717, 1.165) is 31.5 Å². The molecule has 19 heavy (non-hydrogen) atoms. The molecule has 0 fully saturated rings. The van der Waals surface area contributed by atoms with Gasteiger partial charge in [0.15, 0.2) is 0 Å². The molecule has 1 heterocycles. The molecule has 0 saturated heterocycles. The summed E-state index contributed by atoms with van der Waals surface area (Å²) in [4.78, 5) is 1.35. The first-order valence-electron chi connectivity index (χ1n) is 6.78. The van der Waals surface area contributed by atoms with Crippen molar-refractivity contribution in [1.82, 2.24) is 5.32 Å². The van der Waals surface area contributed by atoms with Crippen LogP contribution in [0.15, 0.2) is 41.8 Å². The summed E-state index contributed by atoms with van der Waals surface area (Å²) in [6.45, 7) is 4.06. The molecule has 1 aromatic carbocycles. The quantitative estimate of drug-likeness (QED) is 0.747. The minimum atomic E-state index is -0.149. The highest BCUT2D eigenvalue weighted by molar-refractivity contribution is 7.09. The van der Waals surface area contributed by atoms with Crippen molar-refractivity contribution in [3.8, 4) is 0 Å². The van der Waals surface area contributed by atoms with Gasteiger partial charge in [-0.1, -0.05) is 25.1 Å². The Bertz CT molecular complexity index is 481. The number of thiophene rings is 1. The highest BCUT2D eigenvalue weighted by Crippen LogP contribution is 2.23. The fourth-order valence-corrected chi connectivity index (χ4v) is 2.98. The van der Waals surface area contributed by atoms with Crippen LogP contribution in [0.3, 0.4) is 0 Å². The van der Waals surface area contributed by atoms with Crippen LogP contribution in [-0.4, -0.2) is 13.1 Å². The largest absolute Gasteiger partial charge is 0.316 e. The summed E-state index contributed by atoms with van der Waals surface area (Å²) in [6.07, 6.45) is 2.09. The van der Waals surface area contributed by atoms with Gasteiger partial charge in [0.05, 0.1) is 0 Å². The normalized spacial score (nSPS) is 12.5. The van der Waals surface area contributed by atoms with Gasteiger partial charge in [-0.2, -0.15) is 0 Å². The molecule has 3 heteroatoms. The Labute approximate surface area is 118 Å². The van der Waals surface area contributed by atoms with Crippen molar-refractivity contribution in [3.63, 3.8) is 0 Å². The highest BCUT2D eigenvalue weighted by Gasteiger charge is 2.13. The number of rotatable bonds is 7. The average molecular weight is 277 g/mol. The second kappa shape index (κ2) is 7.41. The van der Waals surface area contributed by atoms with E-state index in [1.54, 1.807) is 23.5 Å². The molecule has 0 spiro atoms. The Morgan fingerprint density at radius 1 is 1.26 bits per heavy atom. The molecular weight excluding hydrogens is 257 g/mol. The molecule has 0 aliphatic carbocycles. The molecule has 1 N–H and O–H groups in total. The first kappa shape index (κ1) is 14.2. The number of benzene rings is 1. The van der Waals surface area contributed by atoms with Gasteiger partial charge in [0.2, 0.25) is 0 Å². The molecule has 2 rings (SSSR count). The van der Waals surface area contributed by atoms with Crippen LogP contribution in [-0.2, 0) is 6.42 Å². The fourth-order valence-electron chi connectivity index (χ4n) is 2.19. The van der Waals surface area contributed by atoms with Crippen LogP contribution < -0.4 is 5.32 Å². The molecule has 0 amide bonds. The Hall–Kier alpha value is -1.19. The topological polar surface area (TPSA) is 12.0 Å². The van der Waals surface area contributed by atoms with Crippen LogP contribution in [0.25, 0.3) is 0 Å². The third-order valence-electron chi connectivity index (χ3n) is 3.17. The molecule has 0 aliphatic heterocycles. The lowest BCUT2D eigenvalue weighted by molar-refractivity contribution is 0.571. The van der Waals surface area contributed by atoms with Crippen LogP contribution in [0.2, 0.25) is 0 Å². The molecule has 1 aromatic heterocycles. The number of hydrogen-bond donors (Lipinski definition) is 1. The zero-order valence-electron chi connectivity index (χ0n) is 11.2. The first-order chi connectivity index (χ1) is 9.29. The molecular formula is C16H20FNS. The summed E-state index contributed by atoms with van der Waals surface area (Å²) < 4.78 is 13.4. The van der Waals surface area contributed by atoms with E-state index >= 15 is 0 Å². The third kappa shape index (κ3) is 4.44. The predicted octanol–water partition coefficient (Wildman–Crippen LogP) is 4.21. The fraction of sp³-hybridized carbons (Fsp3) is 0.375. The first-order valence-corrected chi connectivity index (χ1v) is 7.66. The Morgan fingerprint density at radius 3 is 2.84 bits per heavy atom. The van der Waals surface area contributed by atoms with Gasteiger partial charge >= 0.3 is 0 Å². The van der Waals surface area contributed by atoms with Crippen LogP contribution in [0.4, 0.5) is 4.39 Å². The molecule has 2 aromatic rings. The maximum absolute atomic E-state index is 13.4. The summed E-state index contributed by atoms with van der Waals surface area (Å²) >= 11 is 1.77. The van der Waals surface area contributed by atoms with Gasteiger partial charge in [0.1, 0.15) is 5.82 Å². The summed E-state index contributed by atoms with van der Waals surface area (Å²) in [5.41, 5.74) is 1.08. The Balaban J connectivity index is 2.08. The summed E-state index contributed by atoms with van der Waals surface area (Å²) in [5.74, 6) is 0.185. The minimum Gasteiger partial charge on any atom is -0.316 e. The second-order valence-corrected chi connectivity index (χ2v) is 5.77. The number of nitrogens with one attached hydrogen (secondary N) is 1. The highest BCUT2D eigenvalue weighted by atomic mass is 32.1. The standard InChI is InChI=1S/C16H20FNS/c1-2-8-18-12-14(11-16-7-4-9-19-16)13-5-3-6-15(17)10-13/h3-7,9-10,14,18H,2,8,11-12H2,1H3. The van der Waals surface area contributed by atoms with E-state index in [1.165, 1.54) is 10.9 Å². The smallest absolute Gasteiger partial charge is 0.123 e. The van der Waals surface area contributed by atoms with Gasteiger partial charge in [-0.05, 0) is 48.5 Å². The molecule has 0 radical (unpaired) electrons. The summed E-state index contributed by atoms with van der Waals surface area (Å²) in [5, 5.41) is 5.54. The maximum atomic E-state index is 13.4. The molecule has 1 nitrogen and oxygen atoms in total. The summed E-state index contributed by atoms with van der Waals surface area (Å²) in [7, 11) is 0. The maximum Gasteiger partial charge on any atom is 0.123 e. The van der Waals surface area contributed by atoms with E-state index in [2.05, 4.69) is 29.8 Å². The average Bonchev–Trinajstić information content (AvgIpc) is 2.91. The van der Waals surface area contributed by atoms with Gasteiger partial charge in [-0.25, -0.2) is 4.39 Å². The van der Waals surface area contributed by atoms with Gasteiger partial charge in [-0.3, -0.25) is 0 Å². The SMILES string of the molecule is CCCNCC(Cc1cccs1)c1cccc(F)c1. The van der Waals surface area contributed by atoms with Gasteiger partial charge in [0, 0.05) is 17.3 Å². The van der Waals surface area contributed by atoms with Gasteiger partial charge in [0.25, 0.3) is 0 Å². The Kier molecular flexibility index (Phi) is 5.55. The van der Waals surface area contributed by atoms with Crippen molar-refractivity contribution in [1.29, 1.82) is 0 Å². The minimum absolute atomic E-state index is 0.149. The Morgan fingerprint density at radius 2 is 2.16 bits per heavy atom. The van der Waals surface area contributed by atoms with E-state index in [1.807, 2.05) is 6.07 Å². The monoisotopic (exact) mass is 277 g/mol. The molecule has 0 bridgehead atoms. The van der Waals surface area contributed by atoms with E-state index in [9.17, 15) is 4.39 Å². The van der Waals surface area contributed by atoms with Crippen LogP contribution >= 0.6 is 11.3 Å². The van der Waals surface area contributed by atoms with Crippen molar-refractivity contribution < 1.29 is 4.39 Å². The van der Waals surface area contributed by atoms with E-state index < -0.39 is 0 Å². The summed E-state index contributed by atoms with van der Waals surface area (Å²) in [6, 6.07) is 11.2. The third-order valence-corrected chi connectivity index (χ3v) is 4.06. The van der Waals surface area contributed by atoms with E-state index in [-0.39, 0.29) is 5.82 Å². The zero-order chi connectivity index (χ0) is 13.5. The van der Waals surface area contributed by atoms with Crippen molar-refractivity contribution in [2.24, 2.45) is 0 Å². The second-order valence-electron chi connectivity index (χ2n) is 4.74.